The van der Waals surface area contributed by atoms with Crippen molar-refractivity contribution in [3.8, 4) is 0 Å². The minimum Gasteiger partial charge on any atom is -0.543 e. The zero-order valence-electron chi connectivity index (χ0n) is 17.2. The van der Waals surface area contributed by atoms with Crippen LogP contribution in [0.15, 0.2) is 32.2 Å². The second-order valence-electron chi connectivity index (χ2n) is 6.32. The van der Waals surface area contributed by atoms with Crippen LogP contribution in [0.1, 0.15) is 5.69 Å². The molecular weight excluding hydrogens is 521 g/mol. The number of nitrogens with two attached hydrogens (primary N) is 1. The first kappa shape index (κ1) is 25.9. The van der Waals surface area contributed by atoms with E-state index in [2.05, 4.69) is 25.0 Å². The van der Waals surface area contributed by atoms with Crippen molar-refractivity contribution in [2.45, 2.75) is 15.6 Å². The zero-order chi connectivity index (χ0) is 22.8. The summed E-state index contributed by atoms with van der Waals surface area (Å²) in [6, 6.07) is -0.931. The van der Waals surface area contributed by atoms with Gasteiger partial charge in [0.1, 0.15) is 28.4 Å². The van der Waals surface area contributed by atoms with Crippen LogP contribution >= 0.6 is 46.4 Å². The minimum atomic E-state index is -1.44. The summed E-state index contributed by atoms with van der Waals surface area (Å²) in [4.78, 5) is 47.2. The van der Waals surface area contributed by atoms with Gasteiger partial charge in [-0.3, -0.25) is 14.5 Å². The van der Waals surface area contributed by atoms with Crippen molar-refractivity contribution < 1.29 is 53.9 Å². The molecule has 1 fully saturated rings. The van der Waals surface area contributed by atoms with Crippen LogP contribution in [0.4, 0.5) is 5.13 Å². The first-order valence-corrected chi connectivity index (χ1v) is 12.5. The van der Waals surface area contributed by atoms with E-state index in [9.17, 15) is 19.5 Å². The average Bonchev–Trinajstić information content (AvgIpc) is 3.45. The van der Waals surface area contributed by atoms with Gasteiger partial charge in [0.25, 0.3) is 11.8 Å². The summed E-state index contributed by atoms with van der Waals surface area (Å²) in [7, 11) is 1.27. The Hall–Kier alpha value is -1.69. The van der Waals surface area contributed by atoms with E-state index in [1.807, 2.05) is 0 Å². The minimum absolute atomic E-state index is 0. The molecule has 3 N–H and O–H groups in total. The van der Waals surface area contributed by atoms with Gasteiger partial charge >= 0.3 is 29.6 Å². The number of carboxylic acids is 1. The molecule has 168 valence electrons. The van der Waals surface area contributed by atoms with E-state index in [-0.39, 0.29) is 51.8 Å². The molecule has 12 nitrogen and oxygen atoms in total. The van der Waals surface area contributed by atoms with Crippen LogP contribution in [0.25, 0.3) is 0 Å². The number of hydrogen-bond acceptors (Lipinski definition) is 14. The summed E-state index contributed by atoms with van der Waals surface area (Å²) >= 11 is 5.06. The summed E-state index contributed by atoms with van der Waals surface area (Å²) in [5.41, 5.74) is 6.08. The number of nitrogens with one attached hydrogen (secondary N) is 1. The van der Waals surface area contributed by atoms with Gasteiger partial charge in [0.15, 0.2) is 10.8 Å². The van der Waals surface area contributed by atoms with Gasteiger partial charge in [0, 0.05) is 16.9 Å². The molecule has 33 heavy (non-hydrogen) atoms. The first-order valence-electron chi connectivity index (χ1n) is 8.82. The molecule has 2 aliphatic heterocycles. The molecule has 0 unspecified atom stereocenters. The predicted molar refractivity (Wildman–Crippen MR) is 118 cm³/mol. The molecule has 2 aromatic heterocycles. The Balaban J connectivity index is 0.00000306. The number of carbonyl (C=O) groups is 3. The number of fused-ring (bicyclic) bond motifs is 1. The largest absolute Gasteiger partial charge is 1.00 e. The van der Waals surface area contributed by atoms with E-state index in [0.29, 0.717) is 17.1 Å². The molecule has 17 heteroatoms. The Morgan fingerprint density at radius 3 is 2.88 bits per heavy atom. The van der Waals surface area contributed by atoms with E-state index in [4.69, 9.17) is 10.6 Å². The third-order valence-electron chi connectivity index (χ3n) is 4.42. The Labute approximate surface area is 225 Å². The number of aromatic nitrogens is 3. The van der Waals surface area contributed by atoms with E-state index >= 15 is 0 Å². The number of oxime groups is 1. The Kier molecular flexibility index (Phi) is 8.76. The van der Waals surface area contributed by atoms with E-state index < -0.39 is 29.2 Å². The van der Waals surface area contributed by atoms with Crippen molar-refractivity contribution in [2.75, 3.05) is 24.3 Å². The molecule has 0 spiro atoms. The van der Waals surface area contributed by atoms with Gasteiger partial charge in [-0.05, 0) is 17.1 Å². The number of β-lactam (4-membered cyclic amide) rings is 1. The number of thioether (sulfide) groups is 2. The van der Waals surface area contributed by atoms with Crippen LogP contribution in [0.3, 0.4) is 0 Å². The van der Waals surface area contributed by atoms with Crippen molar-refractivity contribution in [1.82, 2.24) is 24.8 Å². The number of hydrogen-bond donors (Lipinski definition) is 2. The fourth-order valence-corrected chi connectivity index (χ4v) is 6.52. The number of aliphatic carboxylic acids is 1. The number of amides is 2. The van der Waals surface area contributed by atoms with Crippen molar-refractivity contribution in [3.05, 3.63) is 28.5 Å². The Bertz CT molecular complexity index is 1120. The number of nitrogens with zero attached hydrogens (tertiary/aromatic N) is 5. The van der Waals surface area contributed by atoms with Crippen molar-refractivity contribution in [3.63, 3.8) is 0 Å². The summed E-state index contributed by atoms with van der Waals surface area (Å²) in [5.74, 6) is -1.96. The van der Waals surface area contributed by atoms with Crippen LogP contribution in [0, 0.1) is 0 Å². The average molecular weight is 536 g/mol. The maximum atomic E-state index is 12.8. The topological polar surface area (TPSA) is 176 Å². The molecule has 0 aromatic carbocycles. The van der Waals surface area contributed by atoms with Crippen molar-refractivity contribution >= 4 is 75.0 Å². The normalized spacial score (nSPS) is 20.0. The summed E-state index contributed by atoms with van der Waals surface area (Å²) in [5, 5.41) is 23.0. The molecule has 2 amide bonds. The summed E-state index contributed by atoms with van der Waals surface area (Å²) in [6.45, 7) is 0. The molecule has 2 aliphatic rings. The molecule has 0 radical (unpaired) electrons. The van der Waals surface area contributed by atoms with Gasteiger partial charge in [-0.15, -0.1) is 40.0 Å². The standard InChI is InChI=1S/C16H15N7O5S4.Na/c1-28-21-9(7-5-31-16(17)19-7)12(24)20-10-13(25)23-11(15(26)27)6(4-30-14(10)23)3-29-8-2-18-22-32-8;/h2,5,10,14H,3-4H2,1H3,(H2,17,19)(H,20,24)(H,26,27);/q;+1/p-1/b21-9+;/t10-,14-;/m1./s1. The molecule has 0 aliphatic carbocycles. The van der Waals surface area contributed by atoms with Crippen molar-refractivity contribution in [2.24, 2.45) is 5.16 Å². The second-order valence-corrected chi connectivity index (χ2v) is 10.4. The van der Waals surface area contributed by atoms with Crippen LogP contribution in [0.5, 0.6) is 0 Å². The number of thiazole rings is 1. The van der Waals surface area contributed by atoms with E-state index in [0.717, 1.165) is 20.4 Å². The van der Waals surface area contributed by atoms with Crippen LogP contribution in [0.2, 0.25) is 0 Å². The number of rotatable bonds is 8. The van der Waals surface area contributed by atoms with Crippen LogP contribution in [-0.4, -0.2) is 73.0 Å². The number of nitrogen functional groups attached to an aromatic ring is 1. The Morgan fingerprint density at radius 2 is 2.27 bits per heavy atom. The first-order chi connectivity index (χ1) is 15.4. The third kappa shape index (κ3) is 5.36. The van der Waals surface area contributed by atoms with Gasteiger partial charge in [-0.2, -0.15) is 0 Å². The predicted octanol–water partition coefficient (Wildman–Crippen LogP) is -3.87. The second kappa shape index (κ2) is 11.2. The molecule has 2 atom stereocenters. The van der Waals surface area contributed by atoms with Crippen LogP contribution < -0.4 is 45.7 Å². The van der Waals surface area contributed by atoms with Gasteiger partial charge in [-0.1, -0.05) is 9.64 Å². The van der Waals surface area contributed by atoms with Gasteiger partial charge in [-0.25, -0.2) is 4.98 Å². The maximum absolute atomic E-state index is 12.8. The van der Waals surface area contributed by atoms with Gasteiger partial charge < -0.3 is 25.8 Å². The third-order valence-corrected chi connectivity index (χ3v) is 8.35. The zero-order valence-corrected chi connectivity index (χ0v) is 22.5. The Morgan fingerprint density at radius 1 is 1.48 bits per heavy atom. The van der Waals surface area contributed by atoms with Gasteiger partial charge in [0.2, 0.25) is 0 Å². The molecular formula is C16H14N7NaO5S4. The quantitative estimate of drug-likeness (QED) is 0.111. The smallest absolute Gasteiger partial charge is 0.543 e. The molecule has 1 saturated heterocycles. The number of carboxylic acid groups (broad SMARTS) is 1. The maximum Gasteiger partial charge on any atom is 1.00 e. The monoisotopic (exact) mass is 535 g/mol. The summed E-state index contributed by atoms with van der Waals surface area (Å²) in [6.07, 6.45) is 1.59. The van der Waals surface area contributed by atoms with E-state index in [1.54, 1.807) is 6.20 Å². The molecule has 4 heterocycles. The molecule has 0 bridgehead atoms. The summed E-state index contributed by atoms with van der Waals surface area (Å²) < 4.78 is 4.59. The molecule has 0 saturated carbocycles. The number of anilines is 1. The fraction of sp³-hybridized carbons (Fsp3) is 0.312. The number of carbonyl (C=O) groups excluding carboxylic acids is 3. The molecule has 4 rings (SSSR count). The van der Waals surface area contributed by atoms with Gasteiger partial charge in [0.05, 0.1) is 17.9 Å². The van der Waals surface area contributed by atoms with E-state index in [1.165, 1.54) is 47.5 Å². The SMILES string of the molecule is CO/N=C(/C(=O)N[C@@H]1C(=O)N2C(C(=O)[O-])=C(CSc3cnns3)CS[C@H]12)c1csc(N)n1.[Na+]. The van der Waals surface area contributed by atoms with Crippen molar-refractivity contribution in [1.29, 1.82) is 0 Å². The van der Waals surface area contributed by atoms with Crippen LogP contribution in [-0.2, 0) is 19.2 Å². The molecule has 2 aromatic rings. The fourth-order valence-electron chi connectivity index (χ4n) is 3.06.